The lowest BCUT2D eigenvalue weighted by molar-refractivity contribution is -0.136. The Hall–Kier alpha value is -7.10. The predicted octanol–water partition coefficient (Wildman–Crippen LogP) is 10.5. The van der Waals surface area contributed by atoms with Gasteiger partial charge in [-0.05, 0) is 128 Å². The highest BCUT2D eigenvalue weighted by Gasteiger charge is 2.39. The van der Waals surface area contributed by atoms with Crippen LogP contribution in [0.25, 0.3) is 22.1 Å². The number of rotatable bonds is 17. The second kappa shape index (κ2) is 23.0. The monoisotopic (exact) mass is 1010 g/mol. The summed E-state index contributed by atoms with van der Waals surface area (Å²) in [6.45, 7) is 13.2. The Morgan fingerprint density at radius 3 is 1.88 bits per heavy atom. The fraction of sp³-hybridized carbons (Fsp3) is 0.483. The van der Waals surface area contributed by atoms with E-state index in [-0.39, 0.29) is 48.3 Å². The molecule has 3 saturated heterocycles. The van der Waals surface area contributed by atoms with Crippen LogP contribution >= 0.6 is 0 Å². The van der Waals surface area contributed by atoms with Gasteiger partial charge in [0.25, 0.3) is 0 Å². The molecule has 0 spiro atoms. The number of nitrogens with zero attached hydrogens (tertiary/aromatic N) is 6. The Labute approximate surface area is 434 Å². The second-order valence-corrected chi connectivity index (χ2v) is 21.1. The highest BCUT2D eigenvalue weighted by Crippen LogP contribution is 2.48. The van der Waals surface area contributed by atoms with Crippen LogP contribution in [0.15, 0.2) is 91.0 Å². The van der Waals surface area contributed by atoms with Gasteiger partial charge in [0, 0.05) is 37.6 Å². The van der Waals surface area contributed by atoms with Crippen LogP contribution in [0.2, 0.25) is 0 Å². The van der Waals surface area contributed by atoms with Crippen molar-refractivity contribution < 1.29 is 28.7 Å². The number of methoxy groups -OCH3 is 2. The lowest BCUT2D eigenvalue weighted by Crippen LogP contribution is -2.51. The number of nitrogens with one attached hydrogen (secondary N) is 4. The molecule has 9 rings (SSSR count). The maximum absolute atomic E-state index is 14.0. The minimum absolute atomic E-state index is 0.0426. The fourth-order valence-electron chi connectivity index (χ4n) is 11.5. The number of anilines is 2. The molecule has 6 aromatic rings. The number of aromatic amines is 2. The maximum atomic E-state index is 14.0. The Morgan fingerprint density at radius 1 is 0.676 bits per heavy atom. The zero-order chi connectivity index (χ0) is 52.0. The quantitative estimate of drug-likeness (QED) is 0.0687. The van der Waals surface area contributed by atoms with E-state index in [1.165, 1.54) is 36.6 Å². The summed E-state index contributed by atoms with van der Waals surface area (Å²) < 4.78 is 9.72. The van der Waals surface area contributed by atoms with Crippen molar-refractivity contribution in [2.45, 2.75) is 129 Å². The number of alkyl carbamates (subject to hydrolysis) is 2. The van der Waals surface area contributed by atoms with Crippen LogP contribution in [0, 0.1) is 11.8 Å². The van der Waals surface area contributed by atoms with Crippen LogP contribution in [0.4, 0.5) is 21.0 Å². The molecule has 392 valence electrons. The van der Waals surface area contributed by atoms with Crippen molar-refractivity contribution in [1.82, 2.24) is 40.4 Å². The Balaban J connectivity index is 1.00. The molecule has 2 aromatic heterocycles. The van der Waals surface area contributed by atoms with Crippen molar-refractivity contribution >= 4 is 57.4 Å². The third kappa shape index (κ3) is 11.2. The molecule has 74 heavy (non-hydrogen) atoms. The van der Waals surface area contributed by atoms with Gasteiger partial charge in [0.1, 0.15) is 23.7 Å². The second-order valence-electron chi connectivity index (χ2n) is 21.1. The number of hydrogen-bond donors (Lipinski definition) is 4. The zero-order valence-corrected chi connectivity index (χ0v) is 44.1. The molecule has 4 amide bonds. The topological polar surface area (TPSA) is 181 Å². The molecule has 3 aliphatic rings. The van der Waals surface area contributed by atoms with Crippen LogP contribution in [0.5, 0.6) is 0 Å². The smallest absolute Gasteiger partial charge is 0.407 e. The third-order valence-corrected chi connectivity index (χ3v) is 15.6. The average molecular weight is 1010 g/mol. The SMILES string of the molecule is CCCCN(Cc1nc2ccc([C@H]3CC[C@H](c4ccc5nc([C@@H]6CCCN6C(=O)[C@@H](NC(=O)OC)C(C)C)[nH]c5c4)N3c3ccc(N4CCC(c5ccccc5)CC4)cc3)cc2[nH]1)C(=O)[C@@H](NC(=O)OC)C(C)C. The molecule has 16 heteroatoms. The van der Waals surface area contributed by atoms with Crippen LogP contribution in [-0.4, -0.2) is 106 Å². The summed E-state index contributed by atoms with van der Waals surface area (Å²) in [6.07, 6.45) is 6.15. The number of ether oxygens (including phenoxy) is 2. The normalized spacial score (nSPS) is 19.1. The van der Waals surface area contributed by atoms with Crippen molar-refractivity contribution in [2.24, 2.45) is 11.8 Å². The highest BCUT2D eigenvalue weighted by atomic mass is 16.5. The number of aromatic nitrogens is 4. The molecule has 0 radical (unpaired) electrons. The van der Waals surface area contributed by atoms with Gasteiger partial charge in [-0.25, -0.2) is 19.6 Å². The first-order valence-corrected chi connectivity index (χ1v) is 26.8. The number of imidazole rings is 2. The number of likely N-dealkylation sites (tertiary alicyclic amines) is 1. The van der Waals surface area contributed by atoms with Gasteiger partial charge in [0.2, 0.25) is 11.8 Å². The first kappa shape index (κ1) is 51.8. The number of amides is 4. The predicted molar refractivity (Wildman–Crippen MR) is 289 cm³/mol. The van der Waals surface area contributed by atoms with Gasteiger partial charge in [-0.3, -0.25) is 9.59 Å². The van der Waals surface area contributed by atoms with Gasteiger partial charge in [-0.15, -0.1) is 0 Å². The van der Waals surface area contributed by atoms with E-state index in [1.807, 2.05) is 32.6 Å². The van der Waals surface area contributed by atoms with E-state index in [0.29, 0.717) is 24.8 Å². The maximum Gasteiger partial charge on any atom is 0.407 e. The van der Waals surface area contributed by atoms with Gasteiger partial charge < -0.3 is 49.7 Å². The molecule has 5 atom stereocenters. The van der Waals surface area contributed by atoms with E-state index in [9.17, 15) is 19.2 Å². The number of benzene rings is 4. The molecule has 0 unspecified atom stereocenters. The standard InChI is InChI=1S/C58H74N10O6/c1-8-9-29-66(55(69)52(36(2)3)63-57(71)73-6)35-51-59-44-23-17-40(33-46(44)60-51)48-25-26-49(68(48)43-21-19-42(20-22-43)65-31-27-39(28-32-65)38-14-11-10-12-15-38)41-18-24-45-47(34-41)62-54(61-45)50-16-13-30-67(50)56(70)53(37(4)5)64-58(72)74-7/h10-12,14-15,17-24,33-34,36-37,39,48-50,52-53H,8-9,13,16,25-32,35H2,1-7H3,(H,59,60)(H,61,62)(H,63,71)(H,64,72)/t48-,49-,50+,52+,53+/m1/s1. The number of carbonyl (C=O) groups is 4. The highest BCUT2D eigenvalue weighted by molar-refractivity contribution is 5.87. The molecule has 3 aliphatic heterocycles. The largest absolute Gasteiger partial charge is 0.453 e. The van der Waals surface area contributed by atoms with Crippen LogP contribution in [0.1, 0.15) is 138 Å². The van der Waals surface area contributed by atoms with Gasteiger partial charge in [0.15, 0.2) is 0 Å². The van der Waals surface area contributed by atoms with Gasteiger partial charge in [0.05, 0.1) is 61.0 Å². The molecular formula is C58H74N10O6. The number of carbonyl (C=O) groups excluding carboxylic acids is 4. The molecule has 4 aromatic carbocycles. The first-order chi connectivity index (χ1) is 35.8. The lowest BCUT2D eigenvalue weighted by Gasteiger charge is -2.35. The number of unbranched alkanes of at least 4 members (excludes halogenated alkanes) is 1. The van der Waals surface area contributed by atoms with Crippen molar-refractivity contribution in [2.75, 3.05) is 50.2 Å². The molecular weight excluding hydrogens is 933 g/mol. The molecule has 0 saturated carbocycles. The number of H-pyrrole nitrogens is 2. The Bertz CT molecular complexity index is 2890. The molecule has 16 nitrogen and oxygen atoms in total. The molecule has 3 fully saturated rings. The number of fused-ring (bicyclic) bond motifs is 2. The van der Waals surface area contributed by atoms with E-state index in [0.717, 1.165) is 98.0 Å². The fourth-order valence-corrected chi connectivity index (χ4v) is 11.5. The van der Waals surface area contributed by atoms with Crippen LogP contribution < -0.4 is 20.4 Å². The van der Waals surface area contributed by atoms with Gasteiger partial charge >= 0.3 is 12.2 Å². The van der Waals surface area contributed by atoms with Crippen LogP contribution in [0.3, 0.4) is 0 Å². The van der Waals surface area contributed by atoms with Crippen molar-refractivity contribution in [3.05, 3.63) is 119 Å². The summed E-state index contributed by atoms with van der Waals surface area (Å²) in [7, 11) is 2.61. The third-order valence-electron chi connectivity index (χ3n) is 15.6. The van der Waals surface area contributed by atoms with Crippen molar-refractivity contribution in [3.8, 4) is 0 Å². The van der Waals surface area contributed by atoms with E-state index in [2.05, 4.69) is 128 Å². The minimum Gasteiger partial charge on any atom is -0.453 e. The summed E-state index contributed by atoms with van der Waals surface area (Å²) >= 11 is 0. The van der Waals surface area contributed by atoms with Crippen molar-refractivity contribution in [1.29, 1.82) is 0 Å². The van der Waals surface area contributed by atoms with E-state index in [1.54, 1.807) is 4.90 Å². The summed E-state index contributed by atoms with van der Waals surface area (Å²) in [5, 5.41) is 5.51. The summed E-state index contributed by atoms with van der Waals surface area (Å²) in [5.41, 5.74) is 9.62. The van der Waals surface area contributed by atoms with E-state index < -0.39 is 24.3 Å². The Kier molecular flexibility index (Phi) is 16.1. The van der Waals surface area contributed by atoms with E-state index >= 15 is 0 Å². The number of piperidine rings is 1. The molecule has 0 aliphatic carbocycles. The lowest BCUT2D eigenvalue weighted by atomic mass is 9.89. The first-order valence-electron chi connectivity index (χ1n) is 26.8. The minimum atomic E-state index is -0.734. The van der Waals surface area contributed by atoms with Crippen molar-refractivity contribution in [3.63, 3.8) is 0 Å². The van der Waals surface area contributed by atoms with Gasteiger partial charge in [-0.1, -0.05) is 83.5 Å². The summed E-state index contributed by atoms with van der Waals surface area (Å²) in [5.74, 6) is 1.43. The number of hydrogen-bond acceptors (Lipinski definition) is 10. The Morgan fingerprint density at radius 2 is 1.27 bits per heavy atom. The molecule has 5 heterocycles. The molecule has 0 bridgehead atoms. The molecule has 4 N–H and O–H groups in total. The van der Waals surface area contributed by atoms with Crippen LogP contribution in [-0.2, 0) is 25.6 Å². The van der Waals surface area contributed by atoms with Gasteiger partial charge in [-0.2, -0.15) is 0 Å². The summed E-state index contributed by atoms with van der Waals surface area (Å²) in [6, 6.07) is 31.5. The van der Waals surface area contributed by atoms with E-state index in [4.69, 9.17) is 19.4 Å². The zero-order valence-electron chi connectivity index (χ0n) is 44.1. The average Bonchev–Trinajstić information content (AvgIpc) is 4.26. The summed E-state index contributed by atoms with van der Waals surface area (Å²) in [4.78, 5) is 78.5.